The molecule has 3 rings (SSSR count). The van der Waals surface area contributed by atoms with Crippen LogP contribution in [-0.4, -0.2) is 36.3 Å². The van der Waals surface area contributed by atoms with Crippen LogP contribution < -0.4 is 4.74 Å². The molecular formula is C24H28F2N2O3. The summed E-state index contributed by atoms with van der Waals surface area (Å²) in [6.45, 7) is 6.21. The van der Waals surface area contributed by atoms with Gasteiger partial charge in [-0.2, -0.15) is 0 Å². The maximum absolute atomic E-state index is 14.2. The zero-order valence-electron chi connectivity index (χ0n) is 18.3. The van der Waals surface area contributed by atoms with Crippen molar-refractivity contribution in [1.82, 2.24) is 4.90 Å². The fourth-order valence-electron chi connectivity index (χ4n) is 3.40. The van der Waals surface area contributed by atoms with Gasteiger partial charge in [-0.1, -0.05) is 32.0 Å². The van der Waals surface area contributed by atoms with E-state index in [0.29, 0.717) is 12.8 Å². The minimum atomic E-state index is -0.670. The smallest absolute Gasteiger partial charge is 0.223 e. The van der Waals surface area contributed by atoms with Crippen LogP contribution >= 0.6 is 0 Å². The van der Waals surface area contributed by atoms with E-state index in [0.717, 1.165) is 23.1 Å². The SMILES string of the molecule is COc1ccc(C2=NOC(CN(Cc3ccc(F)cc3F)C(=O)CC(C)(C)C)C2)cc1. The highest BCUT2D eigenvalue weighted by molar-refractivity contribution is 6.01. The van der Waals surface area contributed by atoms with Gasteiger partial charge in [0.05, 0.1) is 19.4 Å². The van der Waals surface area contributed by atoms with Crippen LogP contribution in [0.5, 0.6) is 5.75 Å². The summed E-state index contributed by atoms with van der Waals surface area (Å²) >= 11 is 0. The van der Waals surface area contributed by atoms with E-state index >= 15 is 0 Å². The number of carbonyl (C=O) groups is 1. The number of carbonyl (C=O) groups excluding carboxylic acids is 1. The van der Waals surface area contributed by atoms with Gasteiger partial charge >= 0.3 is 0 Å². The van der Waals surface area contributed by atoms with Gasteiger partial charge in [-0.25, -0.2) is 8.78 Å². The van der Waals surface area contributed by atoms with E-state index < -0.39 is 11.6 Å². The fraction of sp³-hybridized carbons (Fsp3) is 0.417. The summed E-state index contributed by atoms with van der Waals surface area (Å²) in [7, 11) is 1.61. The van der Waals surface area contributed by atoms with E-state index in [1.165, 1.54) is 12.1 Å². The molecular weight excluding hydrogens is 402 g/mol. The Kier molecular flexibility index (Phi) is 6.93. The second-order valence-electron chi connectivity index (χ2n) is 8.95. The third kappa shape index (κ3) is 6.26. The molecule has 1 amide bonds. The predicted molar refractivity (Wildman–Crippen MR) is 115 cm³/mol. The van der Waals surface area contributed by atoms with Crippen molar-refractivity contribution in [1.29, 1.82) is 0 Å². The summed E-state index contributed by atoms with van der Waals surface area (Å²) in [5, 5.41) is 4.18. The van der Waals surface area contributed by atoms with Gasteiger partial charge in [0.1, 0.15) is 17.4 Å². The molecule has 1 aliphatic rings. The molecule has 0 radical (unpaired) electrons. The van der Waals surface area contributed by atoms with Crippen molar-refractivity contribution in [3.63, 3.8) is 0 Å². The highest BCUT2D eigenvalue weighted by atomic mass is 19.1. The molecule has 31 heavy (non-hydrogen) atoms. The number of benzene rings is 2. The average molecular weight is 430 g/mol. The Balaban J connectivity index is 1.71. The molecule has 2 aromatic rings. The molecule has 1 unspecified atom stereocenters. The van der Waals surface area contributed by atoms with E-state index in [4.69, 9.17) is 9.57 Å². The molecule has 1 heterocycles. The summed E-state index contributed by atoms with van der Waals surface area (Å²) in [6.07, 6.45) is 0.483. The van der Waals surface area contributed by atoms with Crippen LogP contribution in [0.15, 0.2) is 47.6 Å². The van der Waals surface area contributed by atoms with Crippen LogP contribution in [-0.2, 0) is 16.2 Å². The Morgan fingerprint density at radius 1 is 1.19 bits per heavy atom. The Bertz CT molecular complexity index is 952. The van der Waals surface area contributed by atoms with Gasteiger partial charge in [-0.15, -0.1) is 0 Å². The lowest BCUT2D eigenvalue weighted by Crippen LogP contribution is -2.39. The number of methoxy groups -OCH3 is 1. The summed E-state index contributed by atoms with van der Waals surface area (Å²) < 4.78 is 32.7. The monoisotopic (exact) mass is 430 g/mol. The summed E-state index contributed by atoms with van der Waals surface area (Å²) in [5.41, 5.74) is 1.74. The third-order valence-electron chi connectivity index (χ3n) is 4.99. The lowest BCUT2D eigenvalue weighted by Gasteiger charge is -2.28. The van der Waals surface area contributed by atoms with Gasteiger partial charge in [0.2, 0.25) is 5.91 Å². The van der Waals surface area contributed by atoms with Crippen LogP contribution in [0, 0.1) is 17.0 Å². The van der Waals surface area contributed by atoms with Crippen LogP contribution in [0.4, 0.5) is 8.78 Å². The number of hydrogen-bond acceptors (Lipinski definition) is 4. The van der Waals surface area contributed by atoms with Crippen molar-refractivity contribution in [2.45, 2.75) is 46.3 Å². The number of nitrogens with zero attached hydrogens (tertiary/aromatic N) is 2. The first-order chi connectivity index (χ1) is 14.6. The number of hydrogen-bond donors (Lipinski definition) is 0. The summed E-state index contributed by atoms with van der Waals surface area (Å²) in [6, 6.07) is 10.9. The number of ether oxygens (including phenoxy) is 1. The zero-order chi connectivity index (χ0) is 22.6. The zero-order valence-corrected chi connectivity index (χ0v) is 18.3. The molecule has 0 bridgehead atoms. The Morgan fingerprint density at radius 2 is 1.90 bits per heavy atom. The molecule has 166 valence electrons. The van der Waals surface area contributed by atoms with Crippen molar-refractivity contribution in [3.8, 4) is 5.75 Å². The van der Waals surface area contributed by atoms with Gasteiger partial charge in [-0.3, -0.25) is 4.79 Å². The number of halogens is 2. The number of amides is 1. The molecule has 0 saturated heterocycles. The normalized spacial score (nSPS) is 15.9. The van der Waals surface area contributed by atoms with Gasteiger partial charge in [-0.05, 0) is 41.3 Å². The van der Waals surface area contributed by atoms with Gasteiger partial charge in [0.15, 0.2) is 6.10 Å². The minimum Gasteiger partial charge on any atom is -0.497 e. The van der Waals surface area contributed by atoms with E-state index in [-0.39, 0.29) is 36.1 Å². The van der Waals surface area contributed by atoms with Crippen molar-refractivity contribution >= 4 is 11.6 Å². The largest absolute Gasteiger partial charge is 0.497 e. The van der Waals surface area contributed by atoms with Crippen molar-refractivity contribution in [2.24, 2.45) is 10.6 Å². The number of rotatable bonds is 7. The molecule has 5 nitrogen and oxygen atoms in total. The van der Waals surface area contributed by atoms with E-state index in [2.05, 4.69) is 5.16 Å². The maximum Gasteiger partial charge on any atom is 0.223 e. The molecule has 7 heteroatoms. The molecule has 1 atom stereocenters. The molecule has 0 N–H and O–H groups in total. The Hall–Kier alpha value is -2.96. The van der Waals surface area contributed by atoms with E-state index in [1.807, 2.05) is 45.0 Å². The van der Waals surface area contributed by atoms with Gasteiger partial charge in [0.25, 0.3) is 0 Å². The molecule has 1 aliphatic heterocycles. The highest BCUT2D eigenvalue weighted by Gasteiger charge is 2.29. The molecule has 0 aliphatic carbocycles. The third-order valence-corrected chi connectivity index (χ3v) is 4.99. The Labute approximate surface area is 181 Å². The molecule has 0 fully saturated rings. The van der Waals surface area contributed by atoms with Crippen molar-refractivity contribution in [2.75, 3.05) is 13.7 Å². The Morgan fingerprint density at radius 3 is 2.52 bits per heavy atom. The van der Waals surface area contributed by atoms with Crippen LogP contribution in [0.3, 0.4) is 0 Å². The molecule has 2 aromatic carbocycles. The highest BCUT2D eigenvalue weighted by Crippen LogP contribution is 2.24. The van der Waals surface area contributed by atoms with Crippen LogP contribution in [0.25, 0.3) is 0 Å². The molecule has 0 spiro atoms. The topological polar surface area (TPSA) is 51.1 Å². The maximum atomic E-state index is 14.2. The summed E-state index contributed by atoms with van der Waals surface area (Å²) in [5.74, 6) is -0.681. The predicted octanol–water partition coefficient (Wildman–Crippen LogP) is 4.93. The van der Waals surface area contributed by atoms with Gasteiger partial charge < -0.3 is 14.5 Å². The second-order valence-corrected chi connectivity index (χ2v) is 8.95. The lowest BCUT2D eigenvalue weighted by molar-refractivity contribution is -0.135. The first kappa shape index (κ1) is 22.7. The average Bonchev–Trinajstić information content (AvgIpc) is 3.16. The van der Waals surface area contributed by atoms with E-state index in [1.54, 1.807) is 12.0 Å². The minimum absolute atomic E-state index is 0.0404. The first-order valence-electron chi connectivity index (χ1n) is 10.2. The molecule has 0 saturated carbocycles. The fourth-order valence-corrected chi connectivity index (χ4v) is 3.40. The van der Waals surface area contributed by atoms with Gasteiger partial charge in [0, 0.05) is 31.0 Å². The van der Waals surface area contributed by atoms with Crippen LogP contribution in [0.2, 0.25) is 0 Å². The number of oxime groups is 1. The van der Waals surface area contributed by atoms with Crippen molar-refractivity contribution < 1.29 is 23.1 Å². The molecule has 0 aromatic heterocycles. The standard InChI is InChI=1S/C24H28F2N2O3/c1-24(2,3)13-23(29)28(14-17-5-8-18(25)11-21(17)26)15-20-12-22(27-31-20)16-6-9-19(30-4)10-7-16/h5-11,20H,12-15H2,1-4H3. The van der Waals surface area contributed by atoms with Crippen molar-refractivity contribution in [3.05, 3.63) is 65.2 Å². The second kappa shape index (κ2) is 9.45. The quantitative estimate of drug-likeness (QED) is 0.626. The van der Waals surface area contributed by atoms with Crippen LogP contribution in [0.1, 0.15) is 44.7 Å². The first-order valence-corrected chi connectivity index (χ1v) is 10.2. The lowest BCUT2D eigenvalue weighted by atomic mass is 9.91. The van der Waals surface area contributed by atoms with E-state index in [9.17, 15) is 13.6 Å². The summed E-state index contributed by atoms with van der Waals surface area (Å²) in [4.78, 5) is 20.1.